The van der Waals surface area contributed by atoms with Crippen LogP contribution in [0.4, 0.5) is 10.5 Å². The van der Waals surface area contributed by atoms with E-state index in [0.29, 0.717) is 17.7 Å². The van der Waals surface area contributed by atoms with Gasteiger partial charge in [0, 0.05) is 35.3 Å². The molecule has 1 heterocycles. The average molecular weight is 322 g/mol. The van der Waals surface area contributed by atoms with Gasteiger partial charge in [-0.05, 0) is 36.8 Å². The van der Waals surface area contributed by atoms with Crippen molar-refractivity contribution in [1.82, 2.24) is 4.90 Å². The molecule has 122 valence electrons. The molecule has 1 fully saturated rings. The Kier molecular flexibility index (Phi) is 6.00. The van der Waals surface area contributed by atoms with Crippen LogP contribution in [0.1, 0.15) is 38.7 Å². The van der Waals surface area contributed by atoms with Crippen LogP contribution in [-0.2, 0) is 16.6 Å². The van der Waals surface area contributed by atoms with Crippen molar-refractivity contribution in [3.63, 3.8) is 0 Å². The summed E-state index contributed by atoms with van der Waals surface area (Å²) in [5, 5.41) is 3.02. The molecule has 0 aliphatic carbocycles. The summed E-state index contributed by atoms with van der Waals surface area (Å²) in [6.45, 7) is 5.16. The molecule has 0 radical (unpaired) electrons. The largest absolute Gasteiger partial charge is 0.322 e. The van der Waals surface area contributed by atoms with Gasteiger partial charge in [-0.15, -0.1) is 0 Å². The Morgan fingerprint density at radius 1 is 1.36 bits per heavy atom. The maximum atomic E-state index is 12.7. The number of anilines is 1. The normalized spacial score (nSPS) is 20.0. The predicted octanol–water partition coefficient (Wildman–Crippen LogP) is 3.61. The number of likely N-dealkylation sites (tertiary alicyclic amines) is 1. The van der Waals surface area contributed by atoms with Gasteiger partial charge in [0.15, 0.2) is 0 Å². The highest BCUT2D eigenvalue weighted by molar-refractivity contribution is 7.83. The van der Waals surface area contributed by atoms with Gasteiger partial charge in [0.25, 0.3) is 0 Å². The number of urea groups is 1. The third-order valence-electron chi connectivity index (χ3n) is 4.20. The molecular formula is C17H26N2O2S. The summed E-state index contributed by atoms with van der Waals surface area (Å²) in [6.07, 6.45) is 5.01. The van der Waals surface area contributed by atoms with E-state index in [1.807, 2.05) is 29.2 Å². The van der Waals surface area contributed by atoms with Gasteiger partial charge in [0.1, 0.15) is 0 Å². The molecule has 2 rings (SSSR count). The number of carbonyl (C=O) groups excluding carboxylic acids is 1. The molecule has 5 heteroatoms. The molecular weight excluding hydrogens is 296 g/mol. The second-order valence-corrected chi connectivity index (χ2v) is 7.74. The molecule has 1 aliphatic heterocycles. The van der Waals surface area contributed by atoms with Crippen molar-refractivity contribution < 1.29 is 9.00 Å². The fraction of sp³-hybridized carbons (Fsp3) is 0.588. The number of hydrogen-bond donors (Lipinski definition) is 1. The fourth-order valence-electron chi connectivity index (χ4n) is 3.08. The smallest absolute Gasteiger partial charge is 0.321 e. The van der Waals surface area contributed by atoms with Crippen LogP contribution in [0.15, 0.2) is 24.3 Å². The zero-order chi connectivity index (χ0) is 16.1. The molecule has 1 saturated heterocycles. The average Bonchev–Trinajstić information content (AvgIpc) is 2.48. The van der Waals surface area contributed by atoms with Crippen molar-refractivity contribution in [2.45, 2.75) is 44.9 Å². The van der Waals surface area contributed by atoms with Gasteiger partial charge in [-0.3, -0.25) is 4.21 Å². The van der Waals surface area contributed by atoms with E-state index in [1.54, 1.807) is 6.26 Å². The topological polar surface area (TPSA) is 49.4 Å². The van der Waals surface area contributed by atoms with E-state index < -0.39 is 10.8 Å². The number of rotatable bonds is 4. The Labute approximate surface area is 135 Å². The zero-order valence-corrected chi connectivity index (χ0v) is 14.5. The third kappa shape index (κ3) is 4.32. The van der Waals surface area contributed by atoms with E-state index in [-0.39, 0.29) is 6.03 Å². The van der Waals surface area contributed by atoms with Gasteiger partial charge in [-0.2, -0.15) is 0 Å². The summed E-state index contributed by atoms with van der Waals surface area (Å²) < 4.78 is 11.5. The van der Waals surface area contributed by atoms with Crippen LogP contribution in [0.3, 0.4) is 0 Å². The molecule has 1 aromatic carbocycles. The number of nitrogens with one attached hydrogen (secondary N) is 1. The fourth-order valence-corrected chi connectivity index (χ4v) is 3.77. The van der Waals surface area contributed by atoms with E-state index in [4.69, 9.17) is 0 Å². The Hall–Kier alpha value is -1.36. The number of benzene rings is 1. The predicted molar refractivity (Wildman–Crippen MR) is 92.4 cm³/mol. The summed E-state index contributed by atoms with van der Waals surface area (Å²) in [6, 6.07) is 7.89. The number of amides is 2. The molecule has 1 aliphatic rings. The van der Waals surface area contributed by atoms with Gasteiger partial charge >= 0.3 is 6.03 Å². The van der Waals surface area contributed by atoms with Crippen LogP contribution in [0.2, 0.25) is 0 Å². The van der Waals surface area contributed by atoms with Crippen LogP contribution >= 0.6 is 0 Å². The minimum atomic E-state index is -0.926. The van der Waals surface area contributed by atoms with E-state index in [1.165, 1.54) is 6.42 Å². The van der Waals surface area contributed by atoms with Crippen LogP contribution in [0.25, 0.3) is 0 Å². The Morgan fingerprint density at radius 3 is 2.77 bits per heavy atom. The lowest BCUT2D eigenvalue weighted by molar-refractivity contribution is 0.138. The SMILES string of the molecule is CC(C)[C@@H]1CCCCN1C(=O)Nc1ccccc1C[S@](C)=O. The summed E-state index contributed by atoms with van der Waals surface area (Å²) >= 11 is 0. The summed E-state index contributed by atoms with van der Waals surface area (Å²) in [5.41, 5.74) is 1.70. The highest BCUT2D eigenvalue weighted by Crippen LogP contribution is 2.25. The van der Waals surface area contributed by atoms with Gasteiger partial charge in [-0.25, -0.2) is 4.79 Å². The molecule has 4 nitrogen and oxygen atoms in total. The molecule has 2 atom stereocenters. The lowest BCUT2D eigenvalue weighted by Gasteiger charge is -2.38. The number of nitrogens with zero attached hydrogens (tertiary/aromatic N) is 1. The van der Waals surface area contributed by atoms with Crippen molar-refractivity contribution in [3.05, 3.63) is 29.8 Å². The molecule has 0 unspecified atom stereocenters. The van der Waals surface area contributed by atoms with E-state index in [9.17, 15) is 9.00 Å². The van der Waals surface area contributed by atoms with Crippen molar-refractivity contribution in [2.75, 3.05) is 18.1 Å². The minimum absolute atomic E-state index is 0.0345. The third-order valence-corrected chi connectivity index (χ3v) is 4.91. The number of carbonyl (C=O) groups is 1. The number of piperidine rings is 1. The molecule has 2 amide bonds. The first-order chi connectivity index (χ1) is 10.5. The van der Waals surface area contributed by atoms with Crippen molar-refractivity contribution in [1.29, 1.82) is 0 Å². The van der Waals surface area contributed by atoms with Crippen LogP contribution < -0.4 is 5.32 Å². The Morgan fingerprint density at radius 2 is 2.09 bits per heavy atom. The van der Waals surface area contributed by atoms with Crippen molar-refractivity contribution >= 4 is 22.5 Å². The zero-order valence-electron chi connectivity index (χ0n) is 13.7. The second-order valence-electron chi connectivity index (χ2n) is 6.31. The van der Waals surface area contributed by atoms with Gasteiger partial charge in [0.2, 0.25) is 0 Å². The quantitative estimate of drug-likeness (QED) is 0.920. The second kappa shape index (κ2) is 7.77. The van der Waals surface area contributed by atoms with Crippen molar-refractivity contribution in [2.24, 2.45) is 5.92 Å². The number of para-hydroxylation sites is 1. The molecule has 0 aromatic heterocycles. The first-order valence-corrected chi connectivity index (χ1v) is 9.67. The molecule has 1 N–H and O–H groups in total. The van der Waals surface area contributed by atoms with Gasteiger partial charge < -0.3 is 10.2 Å². The van der Waals surface area contributed by atoms with E-state index >= 15 is 0 Å². The lowest BCUT2D eigenvalue weighted by atomic mass is 9.93. The highest BCUT2D eigenvalue weighted by Gasteiger charge is 2.29. The first kappa shape index (κ1) is 17.0. The van der Waals surface area contributed by atoms with Gasteiger partial charge in [-0.1, -0.05) is 32.0 Å². The molecule has 0 saturated carbocycles. The highest BCUT2D eigenvalue weighted by atomic mass is 32.2. The van der Waals surface area contributed by atoms with E-state index in [0.717, 1.165) is 30.6 Å². The van der Waals surface area contributed by atoms with Crippen LogP contribution in [0, 0.1) is 5.92 Å². The van der Waals surface area contributed by atoms with E-state index in [2.05, 4.69) is 19.2 Å². The molecule has 0 bridgehead atoms. The standard InChI is InChI=1S/C17H26N2O2S/c1-13(2)16-10-6-7-11-19(16)17(20)18-15-9-5-4-8-14(15)12-22(3)21/h4-5,8-9,13,16H,6-7,10-12H2,1-3H3,(H,18,20)/t16-,22-/m0/s1. The Bertz CT molecular complexity index is 545. The monoisotopic (exact) mass is 322 g/mol. The minimum Gasteiger partial charge on any atom is -0.321 e. The maximum Gasteiger partial charge on any atom is 0.322 e. The van der Waals surface area contributed by atoms with Crippen LogP contribution in [0.5, 0.6) is 0 Å². The summed E-state index contributed by atoms with van der Waals surface area (Å²) in [5.74, 6) is 0.925. The summed E-state index contributed by atoms with van der Waals surface area (Å²) in [4.78, 5) is 14.6. The molecule has 1 aromatic rings. The first-order valence-electron chi connectivity index (χ1n) is 7.94. The summed E-state index contributed by atoms with van der Waals surface area (Å²) in [7, 11) is -0.926. The maximum absolute atomic E-state index is 12.7. The van der Waals surface area contributed by atoms with Crippen molar-refractivity contribution in [3.8, 4) is 0 Å². The molecule has 0 spiro atoms. The number of hydrogen-bond acceptors (Lipinski definition) is 2. The van der Waals surface area contributed by atoms with Gasteiger partial charge in [0.05, 0.1) is 5.75 Å². The molecule has 22 heavy (non-hydrogen) atoms. The Balaban J connectivity index is 2.12. The lowest BCUT2D eigenvalue weighted by Crippen LogP contribution is -2.48. The van der Waals surface area contributed by atoms with Crippen LogP contribution in [-0.4, -0.2) is 34.0 Å².